The summed E-state index contributed by atoms with van der Waals surface area (Å²) in [7, 11) is -2.29. The second kappa shape index (κ2) is 10.8. The third kappa shape index (κ3) is 5.09. The van der Waals surface area contributed by atoms with Crippen molar-refractivity contribution in [2.45, 2.75) is 37.3 Å². The minimum absolute atomic E-state index is 0.0290. The summed E-state index contributed by atoms with van der Waals surface area (Å²) >= 11 is 5.37. The fourth-order valence-electron chi connectivity index (χ4n) is 5.65. The van der Waals surface area contributed by atoms with Gasteiger partial charge in [-0.1, -0.05) is 0 Å². The van der Waals surface area contributed by atoms with Gasteiger partial charge in [0.2, 0.25) is 5.95 Å². The van der Waals surface area contributed by atoms with Crippen molar-refractivity contribution in [3.63, 3.8) is 0 Å². The number of aromatic nitrogens is 8. The first-order valence-electron chi connectivity index (χ1n) is 12.9. The summed E-state index contributed by atoms with van der Waals surface area (Å²) in [6, 6.07) is -0.199. The average molecular weight is 641 g/mol. The fourth-order valence-corrected chi connectivity index (χ4v) is 7.82. The zero-order chi connectivity index (χ0) is 29.2. The molecule has 4 aromatic heterocycles. The third-order valence-corrected chi connectivity index (χ3v) is 10.1. The Morgan fingerprint density at radius 3 is 2.67 bits per heavy atom. The number of nitrogen functional groups attached to an aromatic ring is 2. The lowest BCUT2D eigenvalue weighted by Crippen LogP contribution is -2.43. The van der Waals surface area contributed by atoms with Gasteiger partial charge in [0.15, 0.2) is 22.6 Å². The predicted molar refractivity (Wildman–Crippen MR) is 150 cm³/mol. The summed E-state index contributed by atoms with van der Waals surface area (Å²) in [5.41, 5.74) is 12.6. The Kier molecular flexibility index (Phi) is 7.21. The molecule has 0 aromatic carbocycles. The SMILES string of the molecule is Nc1nc2c(ncn2C2CC3COP(O)(=S)O[C@H]4CC(n5cnc6c(N)ncnc65)OC4COP(O)OC[C@H]32)c(=O)[nH]1. The summed E-state index contributed by atoms with van der Waals surface area (Å²) in [6.45, 7) is -3.67. The standard InChI is InChI=1S/C21H26N10O8P2S/c22-17-15-18(25-6-24-17)31(8-26-15)14-2-12-13(38-14)5-36-40(33)35-4-10-9(3-37-41(34,42)39-12)1-11(10)30-7-27-16-19(30)28-21(23)29-20(16)32/h6-14,33H,1-5H2,(H,34,42)(H2,22,24,25)(H3,23,28,29,32)/t9?,10-,11?,12+,13?,14?,40?,41?/m1/s1. The summed E-state index contributed by atoms with van der Waals surface area (Å²) in [5.74, 6) is -0.142. The first kappa shape index (κ1) is 28.1. The van der Waals surface area contributed by atoms with Crippen LogP contribution >= 0.6 is 15.3 Å². The molecular weight excluding hydrogens is 614 g/mol. The normalized spacial score (nSPS) is 34.2. The zero-order valence-electron chi connectivity index (χ0n) is 21.7. The van der Waals surface area contributed by atoms with Crippen molar-refractivity contribution in [3.05, 3.63) is 29.3 Å². The number of nitrogens with zero attached hydrogens (tertiary/aromatic N) is 7. The van der Waals surface area contributed by atoms with Gasteiger partial charge in [-0.25, -0.2) is 19.9 Å². The number of hydrogen-bond acceptors (Lipinski definition) is 15. The van der Waals surface area contributed by atoms with E-state index in [2.05, 4.69) is 29.9 Å². The number of ether oxygens (including phenoxy) is 1. The molecule has 18 nitrogen and oxygen atoms in total. The van der Waals surface area contributed by atoms with E-state index in [1.165, 1.54) is 19.0 Å². The van der Waals surface area contributed by atoms with Crippen LogP contribution in [-0.4, -0.2) is 80.9 Å². The highest BCUT2D eigenvalue weighted by Crippen LogP contribution is 2.54. The maximum Gasteiger partial charge on any atom is 0.329 e. The average Bonchev–Trinajstić information content (AvgIpc) is 3.64. The van der Waals surface area contributed by atoms with E-state index < -0.39 is 39.3 Å². The molecule has 0 radical (unpaired) electrons. The molecule has 42 heavy (non-hydrogen) atoms. The molecule has 3 fully saturated rings. The van der Waals surface area contributed by atoms with E-state index in [1.807, 2.05) is 0 Å². The quantitative estimate of drug-likeness (QED) is 0.187. The molecule has 6 heterocycles. The number of imidazole rings is 2. The Morgan fingerprint density at radius 2 is 1.81 bits per heavy atom. The van der Waals surface area contributed by atoms with Crippen molar-refractivity contribution in [2.75, 3.05) is 31.3 Å². The van der Waals surface area contributed by atoms with Crippen molar-refractivity contribution >= 4 is 61.2 Å². The van der Waals surface area contributed by atoms with Gasteiger partial charge < -0.3 is 48.7 Å². The van der Waals surface area contributed by atoms with Crippen LogP contribution in [-0.2, 0) is 34.6 Å². The molecule has 0 amide bonds. The molecule has 224 valence electrons. The lowest BCUT2D eigenvalue weighted by molar-refractivity contribution is -0.0386. The number of aromatic amines is 1. The number of H-pyrrole nitrogens is 1. The van der Waals surface area contributed by atoms with Gasteiger partial charge in [-0.3, -0.25) is 14.3 Å². The molecule has 2 saturated heterocycles. The summed E-state index contributed by atoms with van der Waals surface area (Å²) in [4.78, 5) is 57.2. The Hall–Kier alpha value is -2.70. The van der Waals surface area contributed by atoms with E-state index in [0.717, 1.165) is 0 Å². The molecule has 3 aliphatic rings. The largest absolute Gasteiger partial charge is 0.382 e. The smallest absolute Gasteiger partial charge is 0.329 e. The van der Waals surface area contributed by atoms with Crippen LogP contribution < -0.4 is 17.0 Å². The first-order valence-corrected chi connectivity index (χ1v) is 16.6. The molecule has 1 saturated carbocycles. The molecule has 7 rings (SSSR count). The fraction of sp³-hybridized carbons (Fsp3) is 0.524. The van der Waals surface area contributed by atoms with Gasteiger partial charge in [0.1, 0.15) is 24.2 Å². The van der Waals surface area contributed by atoms with E-state index >= 15 is 0 Å². The van der Waals surface area contributed by atoms with Gasteiger partial charge in [-0.15, -0.1) is 0 Å². The van der Waals surface area contributed by atoms with Crippen molar-refractivity contribution in [1.82, 2.24) is 39.0 Å². The molecule has 7 N–H and O–H groups in total. The summed E-state index contributed by atoms with van der Waals surface area (Å²) in [6.07, 6.45) is 3.14. The highest BCUT2D eigenvalue weighted by Gasteiger charge is 2.46. The van der Waals surface area contributed by atoms with Crippen molar-refractivity contribution in [2.24, 2.45) is 11.8 Å². The number of fused-ring (bicyclic) bond motifs is 4. The minimum atomic E-state index is -3.72. The molecular formula is C21H26N10O8P2S. The first-order chi connectivity index (χ1) is 20.2. The number of hydrogen-bond donors (Lipinski definition) is 5. The monoisotopic (exact) mass is 640 g/mol. The van der Waals surface area contributed by atoms with Crippen LogP contribution in [0.1, 0.15) is 25.1 Å². The van der Waals surface area contributed by atoms with Crippen LogP contribution in [0.15, 0.2) is 23.8 Å². The van der Waals surface area contributed by atoms with Crippen LogP contribution in [0, 0.1) is 11.8 Å². The van der Waals surface area contributed by atoms with Gasteiger partial charge in [-0.05, 0) is 24.1 Å². The highest BCUT2D eigenvalue weighted by atomic mass is 32.5. The number of nitrogens with two attached hydrogens (primary N) is 2. The lowest BCUT2D eigenvalue weighted by atomic mass is 9.70. The third-order valence-electron chi connectivity index (χ3n) is 7.78. The second-order valence-electron chi connectivity index (χ2n) is 10.2. The topological polar surface area (TPSA) is 246 Å². The Bertz CT molecular complexity index is 1750. The van der Waals surface area contributed by atoms with Gasteiger partial charge in [0, 0.05) is 18.4 Å². The lowest BCUT2D eigenvalue weighted by Gasteiger charge is -2.45. The highest BCUT2D eigenvalue weighted by molar-refractivity contribution is 8.07. The van der Waals surface area contributed by atoms with Crippen molar-refractivity contribution in [3.8, 4) is 0 Å². The van der Waals surface area contributed by atoms with Crippen molar-refractivity contribution < 1.29 is 32.6 Å². The number of rotatable bonds is 2. The Labute approximate surface area is 242 Å². The molecule has 4 aromatic rings. The molecule has 8 atom stereocenters. The van der Waals surface area contributed by atoms with Crippen molar-refractivity contribution in [1.29, 1.82) is 0 Å². The zero-order valence-corrected chi connectivity index (χ0v) is 24.3. The van der Waals surface area contributed by atoms with E-state index in [4.69, 9.17) is 46.1 Å². The molecule has 0 bridgehead atoms. The van der Waals surface area contributed by atoms with E-state index in [0.29, 0.717) is 23.2 Å². The number of anilines is 2. The molecule has 21 heteroatoms. The maximum absolute atomic E-state index is 12.2. The van der Waals surface area contributed by atoms with Gasteiger partial charge in [0.05, 0.1) is 38.6 Å². The second-order valence-corrected chi connectivity index (χ2v) is 14.0. The van der Waals surface area contributed by atoms with Gasteiger partial charge >= 0.3 is 15.3 Å². The van der Waals surface area contributed by atoms with Gasteiger partial charge in [0.25, 0.3) is 5.56 Å². The molecule has 6 unspecified atom stereocenters. The van der Waals surface area contributed by atoms with Crippen LogP contribution in [0.4, 0.5) is 11.8 Å². The maximum atomic E-state index is 12.2. The van der Waals surface area contributed by atoms with Crippen LogP contribution in [0.25, 0.3) is 22.3 Å². The molecule has 1 aliphatic carbocycles. The van der Waals surface area contributed by atoms with Crippen LogP contribution in [0.2, 0.25) is 0 Å². The van der Waals surface area contributed by atoms with E-state index in [-0.39, 0.29) is 61.4 Å². The Balaban J connectivity index is 1.10. The Morgan fingerprint density at radius 1 is 1.02 bits per heavy atom. The van der Waals surface area contributed by atoms with Gasteiger partial charge in [-0.2, -0.15) is 4.98 Å². The van der Waals surface area contributed by atoms with E-state index in [9.17, 15) is 14.6 Å². The number of nitrogens with one attached hydrogen (secondary N) is 1. The predicted octanol–water partition coefficient (Wildman–Crippen LogP) is 0.473. The summed E-state index contributed by atoms with van der Waals surface area (Å²) in [5, 5.41) is 0. The minimum Gasteiger partial charge on any atom is -0.382 e. The molecule has 2 aliphatic heterocycles. The van der Waals surface area contributed by atoms with E-state index in [1.54, 1.807) is 9.13 Å². The van der Waals surface area contributed by atoms with Crippen LogP contribution in [0.5, 0.6) is 0 Å². The summed E-state index contributed by atoms with van der Waals surface area (Å²) < 4.78 is 32.7. The molecule has 0 spiro atoms. The van der Waals surface area contributed by atoms with Crippen LogP contribution in [0.3, 0.4) is 0 Å².